The highest BCUT2D eigenvalue weighted by molar-refractivity contribution is 6.11. The lowest BCUT2D eigenvalue weighted by Gasteiger charge is -2.20. The molecule has 1 aliphatic rings. The molecule has 2 heterocycles. The van der Waals surface area contributed by atoms with Gasteiger partial charge in [-0.3, -0.25) is 14.4 Å². The Labute approximate surface area is 161 Å². The molecule has 0 saturated carbocycles. The van der Waals surface area contributed by atoms with E-state index in [1.165, 1.54) is 14.4 Å². The van der Waals surface area contributed by atoms with Crippen molar-refractivity contribution in [3.05, 3.63) is 63.9 Å². The van der Waals surface area contributed by atoms with Gasteiger partial charge < -0.3 is 19.5 Å². The number of anilines is 2. The highest BCUT2D eigenvalue weighted by Crippen LogP contribution is 2.33. The maximum absolute atomic E-state index is 13.2. The number of nitrogens with zero attached hydrogens (tertiary/aromatic N) is 3. The monoisotopic (exact) mass is 377 g/mol. The standard InChI is InChI=1S/C21H19N3O4/c1-22(12-25)14-7-8-17-15(11-14)19(26)18(20(27)23(17)2)21(28)24-10-9-13-5-3-4-6-16(13)24/h3-8,11-12,26H,9-10H2,1-2H3. The molecule has 7 heteroatoms. The van der Waals surface area contributed by atoms with Crippen LogP contribution in [0.5, 0.6) is 5.75 Å². The molecule has 0 radical (unpaired) electrons. The molecule has 0 atom stereocenters. The van der Waals surface area contributed by atoms with Crippen LogP contribution >= 0.6 is 0 Å². The second kappa shape index (κ2) is 6.53. The Bertz CT molecular complexity index is 1180. The van der Waals surface area contributed by atoms with Crippen LogP contribution in [0.1, 0.15) is 15.9 Å². The Morgan fingerprint density at radius 2 is 1.96 bits per heavy atom. The first-order valence-electron chi connectivity index (χ1n) is 8.87. The zero-order valence-corrected chi connectivity index (χ0v) is 15.5. The van der Waals surface area contributed by atoms with E-state index in [-0.39, 0.29) is 11.3 Å². The van der Waals surface area contributed by atoms with Crippen LogP contribution in [0.2, 0.25) is 0 Å². The lowest BCUT2D eigenvalue weighted by Crippen LogP contribution is -2.35. The van der Waals surface area contributed by atoms with E-state index in [4.69, 9.17) is 0 Å². The maximum Gasteiger partial charge on any atom is 0.267 e. The number of carbonyl (C=O) groups is 2. The molecule has 4 rings (SSSR count). The quantitative estimate of drug-likeness (QED) is 0.708. The molecule has 1 aliphatic heterocycles. The summed E-state index contributed by atoms with van der Waals surface area (Å²) >= 11 is 0. The number of benzene rings is 2. The lowest BCUT2D eigenvalue weighted by molar-refractivity contribution is -0.107. The van der Waals surface area contributed by atoms with Crippen LogP contribution in [0.25, 0.3) is 10.9 Å². The fraction of sp³-hybridized carbons (Fsp3) is 0.190. The van der Waals surface area contributed by atoms with E-state index in [2.05, 4.69) is 0 Å². The molecule has 0 unspecified atom stereocenters. The van der Waals surface area contributed by atoms with Crippen molar-refractivity contribution in [2.45, 2.75) is 6.42 Å². The summed E-state index contributed by atoms with van der Waals surface area (Å²) in [6.45, 7) is 0.451. The Hall–Kier alpha value is -3.61. The number of carbonyl (C=O) groups excluding carboxylic acids is 2. The summed E-state index contributed by atoms with van der Waals surface area (Å²) in [5.74, 6) is -0.896. The number of pyridine rings is 1. The number of aromatic hydroxyl groups is 1. The Morgan fingerprint density at radius 1 is 1.21 bits per heavy atom. The number of amides is 2. The van der Waals surface area contributed by atoms with Gasteiger partial charge in [-0.05, 0) is 36.2 Å². The van der Waals surface area contributed by atoms with Gasteiger partial charge in [-0.2, -0.15) is 0 Å². The molecule has 3 aromatic rings. The second-order valence-electron chi connectivity index (χ2n) is 6.84. The summed E-state index contributed by atoms with van der Waals surface area (Å²) in [7, 11) is 3.14. The molecular weight excluding hydrogens is 358 g/mol. The van der Waals surface area contributed by atoms with E-state index in [0.717, 1.165) is 11.3 Å². The van der Waals surface area contributed by atoms with Crippen LogP contribution in [-0.4, -0.2) is 35.6 Å². The molecule has 0 spiro atoms. The Kier molecular flexibility index (Phi) is 4.15. The maximum atomic E-state index is 13.2. The summed E-state index contributed by atoms with van der Waals surface area (Å²) < 4.78 is 1.34. The third-order valence-corrected chi connectivity index (χ3v) is 5.26. The minimum absolute atomic E-state index is 0.266. The zero-order valence-electron chi connectivity index (χ0n) is 15.5. The molecular formula is C21H19N3O4. The SMILES string of the molecule is CN(C=O)c1ccc2c(c1)c(O)c(C(=O)N1CCc3ccccc31)c(=O)n2C. The average molecular weight is 377 g/mol. The van der Waals surface area contributed by atoms with Gasteiger partial charge in [0.2, 0.25) is 6.41 Å². The number of aryl methyl sites for hydroxylation is 1. The Morgan fingerprint density at radius 3 is 2.71 bits per heavy atom. The fourth-order valence-corrected chi connectivity index (χ4v) is 3.68. The van der Waals surface area contributed by atoms with E-state index in [9.17, 15) is 19.5 Å². The van der Waals surface area contributed by atoms with Gasteiger partial charge in [0.05, 0.1) is 5.52 Å². The van der Waals surface area contributed by atoms with Crippen molar-refractivity contribution >= 4 is 34.6 Å². The van der Waals surface area contributed by atoms with Crippen LogP contribution < -0.4 is 15.4 Å². The third kappa shape index (κ3) is 2.55. The van der Waals surface area contributed by atoms with E-state index in [0.29, 0.717) is 36.0 Å². The molecule has 0 fully saturated rings. The van der Waals surface area contributed by atoms with Crippen LogP contribution in [0.4, 0.5) is 11.4 Å². The van der Waals surface area contributed by atoms with Gasteiger partial charge in [-0.1, -0.05) is 18.2 Å². The lowest BCUT2D eigenvalue weighted by atomic mass is 10.1. The number of fused-ring (bicyclic) bond motifs is 2. The highest BCUT2D eigenvalue weighted by Gasteiger charge is 2.30. The van der Waals surface area contributed by atoms with Crippen molar-refractivity contribution in [3.63, 3.8) is 0 Å². The number of aromatic nitrogens is 1. The topological polar surface area (TPSA) is 82.9 Å². The number of hydrogen-bond donors (Lipinski definition) is 1. The molecule has 1 N–H and O–H groups in total. The fourth-order valence-electron chi connectivity index (χ4n) is 3.68. The van der Waals surface area contributed by atoms with E-state index >= 15 is 0 Å². The van der Waals surface area contributed by atoms with Crippen molar-refractivity contribution in [2.24, 2.45) is 7.05 Å². The first-order chi connectivity index (χ1) is 13.4. The summed E-state index contributed by atoms with van der Waals surface area (Å²) in [5, 5.41) is 11.2. The van der Waals surface area contributed by atoms with Crippen LogP contribution in [0, 0.1) is 0 Å². The summed E-state index contributed by atoms with van der Waals surface area (Å²) in [6, 6.07) is 12.4. The van der Waals surface area contributed by atoms with E-state index < -0.39 is 11.5 Å². The summed E-state index contributed by atoms with van der Waals surface area (Å²) in [5.41, 5.74) is 1.98. The number of hydrogen-bond acceptors (Lipinski definition) is 4. The molecule has 28 heavy (non-hydrogen) atoms. The summed E-state index contributed by atoms with van der Waals surface area (Å²) in [6.07, 6.45) is 1.35. The van der Waals surface area contributed by atoms with Gasteiger partial charge in [-0.25, -0.2) is 0 Å². The van der Waals surface area contributed by atoms with Gasteiger partial charge >= 0.3 is 0 Å². The zero-order chi connectivity index (χ0) is 20.0. The molecule has 2 amide bonds. The van der Waals surface area contributed by atoms with Crippen molar-refractivity contribution in [1.29, 1.82) is 0 Å². The largest absolute Gasteiger partial charge is 0.506 e. The van der Waals surface area contributed by atoms with E-state index in [1.807, 2.05) is 24.3 Å². The number of para-hydroxylation sites is 1. The molecule has 142 valence electrons. The van der Waals surface area contributed by atoms with Crippen molar-refractivity contribution < 1.29 is 14.7 Å². The Balaban J connectivity index is 1.91. The van der Waals surface area contributed by atoms with Gasteiger partial charge in [0.25, 0.3) is 11.5 Å². The molecule has 0 aliphatic carbocycles. The smallest absolute Gasteiger partial charge is 0.267 e. The normalized spacial score (nSPS) is 12.9. The van der Waals surface area contributed by atoms with Gasteiger partial charge in [0.1, 0.15) is 11.3 Å². The minimum atomic E-state index is -0.559. The second-order valence-corrected chi connectivity index (χ2v) is 6.84. The first-order valence-corrected chi connectivity index (χ1v) is 8.87. The highest BCUT2D eigenvalue weighted by atomic mass is 16.3. The molecule has 2 aromatic carbocycles. The minimum Gasteiger partial charge on any atom is -0.506 e. The van der Waals surface area contributed by atoms with E-state index in [1.54, 1.807) is 32.3 Å². The van der Waals surface area contributed by atoms with Crippen molar-refractivity contribution in [1.82, 2.24) is 4.57 Å². The average Bonchev–Trinajstić information content (AvgIpc) is 3.15. The molecule has 7 nitrogen and oxygen atoms in total. The van der Waals surface area contributed by atoms with Crippen LogP contribution in [0.15, 0.2) is 47.3 Å². The number of rotatable bonds is 3. The van der Waals surface area contributed by atoms with Crippen LogP contribution in [-0.2, 0) is 18.3 Å². The van der Waals surface area contributed by atoms with Crippen molar-refractivity contribution in [2.75, 3.05) is 23.4 Å². The third-order valence-electron chi connectivity index (χ3n) is 5.26. The first kappa shape index (κ1) is 17.8. The summed E-state index contributed by atoms with van der Waals surface area (Å²) in [4.78, 5) is 40.0. The van der Waals surface area contributed by atoms with Gasteiger partial charge in [0.15, 0.2) is 0 Å². The van der Waals surface area contributed by atoms with Gasteiger partial charge in [0, 0.05) is 37.4 Å². The molecule has 0 saturated heterocycles. The van der Waals surface area contributed by atoms with Crippen LogP contribution in [0.3, 0.4) is 0 Å². The molecule has 0 bridgehead atoms. The predicted molar refractivity (Wildman–Crippen MR) is 107 cm³/mol. The van der Waals surface area contributed by atoms with Crippen molar-refractivity contribution in [3.8, 4) is 5.75 Å². The predicted octanol–water partition coefficient (Wildman–Crippen LogP) is 2.04. The molecule has 1 aromatic heterocycles. The van der Waals surface area contributed by atoms with Gasteiger partial charge in [-0.15, -0.1) is 0 Å².